The number of aryl methyl sites for hydroxylation is 1. The number of benzene rings is 1. The van der Waals surface area contributed by atoms with Crippen molar-refractivity contribution in [3.8, 4) is 0 Å². The molecule has 1 N–H and O–H groups in total. The minimum Gasteiger partial charge on any atom is -0.355 e. The van der Waals surface area contributed by atoms with Crippen LogP contribution in [0.1, 0.15) is 43.0 Å². The van der Waals surface area contributed by atoms with E-state index in [9.17, 15) is 4.79 Å². The van der Waals surface area contributed by atoms with Gasteiger partial charge in [-0.2, -0.15) is 0 Å². The molecule has 2 aromatic heterocycles. The second-order valence-electron chi connectivity index (χ2n) is 8.94. The van der Waals surface area contributed by atoms with E-state index in [-0.39, 0.29) is 11.8 Å². The van der Waals surface area contributed by atoms with Crippen LogP contribution in [0, 0.1) is 5.92 Å². The van der Waals surface area contributed by atoms with E-state index in [1.54, 1.807) is 17.7 Å². The van der Waals surface area contributed by atoms with Crippen molar-refractivity contribution in [1.82, 2.24) is 14.9 Å². The highest BCUT2D eigenvalue weighted by Gasteiger charge is 2.28. The molecule has 0 radical (unpaired) electrons. The number of thiophene rings is 1. The average molecular weight is 450 g/mol. The van der Waals surface area contributed by atoms with Crippen LogP contribution < -0.4 is 10.2 Å². The van der Waals surface area contributed by atoms with Crippen molar-refractivity contribution in [1.29, 1.82) is 0 Å². The fraction of sp³-hybridized carbons (Fsp3) is 0.480. The summed E-state index contributed by atoms with van der Waals surface area (Å²) in [6.45, 7) is 7.18. The number of fused-ring (bicyclic) bond motifs is 1. The molecule has 1 amide bonds. The number of anilines is 2. The van der Waals surface area contributed by atoms with Gasteiger partial charge in [0.2, 0.25) is 5.91 Å². The molecule has 1 aromatic carbocycles. The Bertz CT molecular complexity index is 1070. The number of hydrogen-bond donors (Lipinski definition) is 1. The van der Waals surface area contributed by atoms with Crippen molar-refractivity contribution in [2.24, 2.45) is 5.92 Å². The quantitative estimate of drug-likeness (QED) is 0.591. The number of amides is 1. The summed E-state index contributed by atoms with van der Waals surface area (Å²) < 4.78 is 0. The highest BCUT2D eigenvalue weighted by atomic mass is 32.1. The van der Waals surface area contributed by atoms with Gasteiger partial charge in [-0.25, -0.2) is 9.97 Å². The smallest absolute Gasteiger partial charge is 0.229 e. The molecular weight excluding hydrogens is 418 g/mol. The Labute approximate surface area is 193 Å². The Morgan fingerprint density at radius 3 is 2.72 bits per heavy atom. The van der Waals surface area contributed by atoms with Crippen LogP contribution in [-0.4, -0.2) is 47.0 Å². The van der Waals surface area contributed by atoms with Crippen LogP contribution in [0.2, 0.25) is 0 Å². The molecule has 0 saturated carbocycles. The first-order valence-corrected chi connectivity index (χ1v) is 12.6. The predicted molar refractivity (Wildman–Crippen MR) is 131 cm³/mol. The van der Waals surface area contributed by atoms with Crippen molar-refractivity contribution in [2.45, 2.75) is 45.6 Å². The topological polar surface area (TPSA) is 61.4 Å². The summed E-state index contributed by atoms with van der Waals surface area (Å²) in [6, 6.07) is 10.6. The maximum atomic E-state index is 13.0. The molecule has 3 aromatic rings. The van der Waals surface area contributed by atoms with Crippen molar-refractivity contribution in [3.05, 3.63) is 47.1 Å². The van der Waals surface area contributed by atoms with Gasteiger partial charge in [0.1, 0.15) is 17.0 Å². The summed E-state index contributed by atoms with van der Waals surface area (Å²) >= 11 is 1.74. The molecule has 0 aliphatic carbocycles. The number of piperidine rings is 1. The molecule has 4 heterocycles. The fourth-order valence-corrected chi connectivity index (χ4v) is 5.77. The van der Waals surface area contributed by atoms with Gasteiger partial charge in [0.25, 0.3) is 0 Å². The first kappa shape index (κ1) is 21.3. The van der Waals surface area contributed by atoms with Crippen molar-refractivity contribution in [3.63, 3.8) is 0 Å². The first-order chi connectivity index (χ1) is 15.7. The van der Waals surface area contributed by atoms with E-state index in [4.69, 9.17) is 0 Å². The van der Waals surface area contributed by atoms with Crippen LogP contribution in [0.15, 0.2) is 36.7 Å². The summed E-state index contributed by atoms with van der Waals surface area (Å²) in [5.41, 5.74) is 2.19. The van der Waals surface area contributed by atoms with Crippen molar-refractivity contribution >= 4 is 39.0 Å². The van der Waals surface area contributed by atoms with Crippen LogP contribution in [-0.2, 0) is 17.8 Å². The van der Waals surface area contributed by atoms with E-state index in [1.807, 2.05) is 12.1 Å². The summed E-state index contributed by atoms with van der Waals surface area (Å²) in [6.07, 6.45) is 7.17. The van der Waals surface area contributed by atoms with Crippen molar-refractivity contribution < 1.29 is 4.79 Å². The van der Waals surface area contributed by atoms with Gasteiger partial charge in [0.15, 0.2) is 0 Å². The van der Waals surface area contributed by atoms with Crippen LogP contribution >= 0.6 is 11.3 Å². The zero-order valence-corrected chi connectivity index (χ0v) is 19.5. The Balaban J connectivity index is 1.23. The van der Waals surface area contributed by atoms with Gasteiger partial charge < -0.3 is 10.2 Å². The summed E-state index contributed by atoms with van der Waals surface area (Å²) in [5.74, 6) is 1.03. The van der Waals surface area contributed by atoms with Crippen LogP contribution in [0.5, 0.6) is 0 Å². The number of carbonyl (C=O) groups is 1. The zero-order chi connectivity index (χ0) is 21.9. The number of aromatic nitrogens is 2. The molecule has 2 fully saturated rings. The molecule has 0 bridgehead atoms. The normalized spacial score (nSPS) is 19.5. The zero-order valence-electron chi connectivity index (χ0n) is 18.7. The third kappa shape index (κ3) is 4.64. The molecule has 2 aliphatic rings. The Kier molecular flexibility index (Phi) is 6.37. The Hall–Kier alpha value is -2.51. The maximum absolute atomic E-state index is 13.0. The predicted octanol–water partition coefficient (Wildman–Crippen LogP) is 4.70. The summed E-state index contributed by atoms with van der Waals surface area (Å²) in [5, 5.41) is 4.26. The lowest BCUT2D eigenvalue weighted by Crippen LogP contribution is -2.41. The summed E-state index contributed by atoms with van der Waals surface area (Å²) in [7, 11) is 0. The monoisotopic (exact) mass is 449 g/mol. The van der Waals surface area contributed by atoms with E-state index < -0.39 is 0 Å². The number of nitrogens with zero attached hydrogens (tertiary/aromatic N) is 4. The molecule has 168 valence electrons. The summed E-state index contributed by atoms with van der Waals surface area (Å²) in [4.78, 5) is 29.2. The Morgan fingerprint density at radius 1 is 1.12 bits per heavy atom. The molecule has 0 spiro atoms. The molecule has 1 atom stereocenters. The minimum atomic E-state index is -0.0395. The van der Waals surface area contributed by atoms with Crippen molar-refractivity contribution in [2.75, 3.05) is 36.4 Å². The van der Waals surface area contributed by atoms with Gasteiger partial charge in [0, 0.05) is 30.2 Å². The van der Waals surface area contributed by atoms with Gasteiger partial charge in [-0.15, -0.1) is 11.3 Å². The largest absolute Gasteiger partial charge is 0.355 e. The number of hydrogen-bond acceptors (Lipinski definition) is 6. The molecule has 5 rings (SSSR count). The third-order valence-electron chi connectivity index (χ3n) is 6.63. The standard InChI is InChI=1S/C25H31N5OS/c1-2-21-14-22-23(26-17-27-25(22)32-21)30-13-5-6-19(16-30)24(31)28-20-9-7-18(8-10-20)15-29-11-3-4-12-29/h7-10,14,17,19H,2-6,11-13,15-16H2,1H3,(H,28,31). The third-order valence-corrected chi connectivity index (χ3v) is 7.81. The lowest BCUT2D eigenvalue weighted by Gasteiger charge is -2.33. The molecule has 6 nitrogen and oxygen atoms in total. The van der Waals surface area contributed by atoms with Gasteiger partial charge in [-0.3, -0.25) is 9.69 Å². The highest BCUT2D eigenvalue weighted by Crippen LogP contribution is 2.32. The molecule has 32 heavy (non-hydrogen) atoms. The van der Waals surface area contributed by atoms with E-state index in [2.05, 4.69) is 50.2 Å². The molecule has 2 aliphatic heterocycles. The second-order valence-corrected chi connectivity index (χ2v) is 10.1. The van der Waals surface area contributed by atoms with E-state index in [1.165, 1.54) is 36.4 Å². The van der Waals surface area contributed by atoms with E-state index in [0.29, 0.717) is 6.54 Å². The second kappa shape index (κ2) is 9.55. The molecule has 7 heteroatoms. The SMILES string of the molecule is CCc1cc2c(N3CCCC(C(=O)Nc4ccc(CN5CCCC5)cc4)C3)ncnc2s1. The van der Waals surface area contributed by atoms with Gasteiger partial charge in [-0.1, -0.05) is 19.1 Å². The number of rotatable bonds is 6. The minimum absolute atomic E-state index is 0.0395. The lowest BCUT2D eigenvalue weighted by atomic mass is 9.96. The van der Waals surface area contributed by atoms with Gasteiger partial charge >= 0.3 is 0 Å². The number of nitrogens with one attached hydrogen (secondary N) is 1. The van der Waals surface area contributed by atoms with E-state index >= 15 is 0 Å². The highest BCUT2D eigenvalue weighted by molar-refractivity contribution is 7.18. The van der Waals surface area contributed by atoms with Crippen LogP contribution in [0.3, 0.4) is 0 Å². The molecule has 2 saturated heterocycles. The lowest BCUT2D eigenvalue weighted by molar-refractivity contribution is -0.120. The van der Waals surface area contributed by atoms with Gasteiger partial charge in [0.05, 0.1) is 11.3 Å². The van der Waals surface area contributed by atoms with Crippen LogP contribution in [0.25, 0.3) is 10.2 Å². The van der Waals surface area contributed by atoms with Crippen LogP contribution in [0.4, 0.5) is 11.5 Å². The fourth-order valence-electron chi connectivity index (χ4n) is 4.84. The number of likely N-dealkylation sites (tertiary alicyclic amines) is 1. The average Bonchev–Trinajstić information content (AvgIpc) is 3.49. The number of carbonyl (C=O) groups excluding carboxylic acids is 1. The molecular formula is C25H31N5OS. The first-order valence-electron chi connectivity index (χ1n) is 11.8. The maximum Gasteiger partial charge on any atom is 0.229 e. The molecule has 1 unspecified atom stereocenters. The van der Waals surface area contributed by atoms with E-state index in [0.717, 1.165) is 54.1 Å². The Morgan fingerprint density at radius 2 is 1.94 bits per heavy atom. The van der Waals surface area contributed by atoms with Gasteiger partial charge in [-0.05, 0) is 69.0 Å².